The highest BCUT2D eigenvalue weighted by Crippen LogP contribution is 2.27. The van der Waals surface area contributed by atoms with Gasteiger partial charge in [0.25, 0.3) is 0 Å². The fraction of sp³-hybridized carbons (Fsp3) is 0.941. The zero-order valence-electron chi connectivity index (χ0n) is 14.5. The summed E-state index contributed by atoms with van der Waals surface area (Å²) >= 11 is 0. The first-order valence-corrected chi connectivity index (χ1v) is 9.06. The largest absolute Gasteiger partial charge is 0.381 e. The van der Waals surface area contributed by atoms with Crippen LogP contribution >= 0.6 is 24.8 Å². The molecule has 5 nitrogen and oxygen atoms in total. The summed E-state index contributed by atoms with van der Waals surface area (Å²) in [5.41, 5.74) is 6.09. The summed E-state index contributed by atoms with van der Waals surface area (Å²) in [4.78, 5) is 17.0. The fourth-order valence-corrected chi connectivity index (χ4v) is 4.15. The number of nitrogens with zero attached hydrogens (tertiary/aromatic N) is 2. The molecule has 0 aromatic heterocycles. The summed E-state index contributed by atoms with van der Waals surface area (Å²) in [5, 5.41) is 0. The molecule has 7 heteroatoms. The summed E-state index contributed by atoms with van der Waals surface area (Å²) < 4.78 is 5.43. The number of hydrogen-bond acceptors (Lipinski definition) is 4. The molecular weight excluding hydrogens is 349 g/mol. The van der Waals surface area contributed by atoms with Crippen LogP contribution in [-0.4, -0.2) is 67.7 Å². The second kappa shape index (κ2) is 10.8. The van der Waals surface area contributed by atoms with E-state index < -0.39 is 0 Å². The van der Waals surface area contributed by atoms with Gasteiger partial charge in [0.05, 0.1) is 0 Å². The smallest absolute Gasteiger partial charge is 0.222 e. The van der Waals surface area contributed by atoms with Crippen LogP contribution < -0.4 is 5.73 Å². The van der Waals surface area contributed by atoms with Gasteiger partial charge in [-0.3, -0.25) is 9.69 Å². The van der Waals surface area contributed by atoms with E-state index in [0.717, 1.165) is 58.2 Å². The van der Waals surface area contributed by atoms with Crippen molar-refractivity contribution in [1.82, 2.24) is 9.80 Å². The van der Waals surface area contributed by atoms with Crippen molar-refractivity contribution in [2.75, 3.05) is 45.9 Å². The van der Waals surface area contributed by atoms with E-state index in [1.807, 2.05) is 0 Å². The Morgan fingerprint density at radius 2 is 1.67 bits per heavy atom. The molecule has 0 radical (unpaired) electrons. The maximum atomic E-state index is 12.4. The summed E-state index contributed by atoms with van der Waals surface area (Å²) in [6, 6.07) is 0.249. The first-order chi connectivity index (χ1) is 10.7. The molecular formula is C17H33Cl2N3O2. The fourth-order valence-electron chi connectivity index (χ4n) is 4.15. The van der Waals surface area contributed by atoms with Crippen LogP contribution in [0, 0.1) is 11.8 Å². The number of nitrogens with two attached hydrogens (primary N) is 1. The lowest BCUT2D eigenvalue weighted by molar-refractivity contribution is -0.134. The lowest BCUT2D eigenvalue weighted by atomic mass is 9.98. The van der Waals surface area contributed by atoms with Gasteiger partial charge < -0.3 is 15.4 Å². The molecule has 1 aliphatic carbocycles. The number of carbonyl (C=O) groups is 1. The average Bonchev–Trinajstić information content (AvgIpc) is 2.94. The first kappa shape index (κ1) is 22.0. The van der Waals surface area contributed by atoms with E-state index in [4.69, 9.17) is 10.5 Å². The Labute approximate surface area is 158 Å². The third-order valence-corrected chi connectivity index (χ3v) is 5.74. The van der Waals surface area contributed by atoms with E-state index >= 15 is 0 Å². The third-order valence-electron chi connectivity index (χ3n) is 5.74. The molecule has 0 spiro atoms. The molecule has 3 rings (SSSR count). The molecule has 142 valence electrons. The monoisotopic (exact) mass is 381 g/mol. The number of ether oxygens (including phenoxy) is 1. The average molecular weight is 382 g/mol. The van der Waals surface area contributed by atoms with Crippen LogP contribution in [0.1, 0.15) is 38.5 Å². The first-order valence-electron chi connectivity index (χ1n) is 9.06. The Morgan fingerprint density at radius 1 is 1.00 bits per heavy atom. The molecule has 0 aromatic carbocycles. The van der Waals surface area contributed by atoms with Crippen molar-refractivity contribution < 1.29 is 9.53 Å². The standard InChI is InChI=1S/C17H31N3O2.2ClH/c18-16-3-1-2-15(16)12-17(21)20-8-6-19(7-9-20)13-14-4-10-22-11-5-14;;/h14-16H,1-13,18H2;2*1H/t15-,16+;;/m0../s1. The lowest BCUT2D eigenvalue weighted by Crippen LogP contribution is -2.50. The number of hydrogen-bond donors (Lipinski definition) is 1. The number of carbonyl (C=O) groups excluding carboxylic acids is 1. The van der Waals surface area contributed by atoms with Gasteiger partial charge in [0.1, 0.15) is 0 Å². The predicted octanol–water partition coefficient (Wildman–Crippen LogP) is 1.92. The van der Waals surface area contributed by atoms with Gasteiger partial charge in [0, 0.05) is 58.4 Å². The number of piperazine rings is 1. The maximum Gasteiger partial charge on any atom is 0.222 e. The van der Waals surface area contributed by atoms with Crippen LogP contribution in [0.4, 0.5) is 0 Å². The Kier molecular flexibility index (Phi) is 9.90. The molecule has 0 unspecified atom stereocenters. The maximum absolute atomic E-state index is 12.4. The number of amides is 1. The van der Waals surface area contributed by atoms with Crippen LogP contribution in [0.2, 0.25) is 0 Å². The van der Waals surface area contributed by atoms with Crippen molar-refractivity contribution in [3.05, 3.63) is 0 Å². The van der Waals surface area contributed by atoms with Gasteiger partial charge in [0.2, 0.25) is 5.91 Å². The van der Waals surface area contributed by atoms with Gasteiger partial charge >= 0.3 is 0 Å². The molecule has 0 aromatic rings. The zero-order chi connectivity index (χ0) is 15.4. The SMILES string of the molecule is Cl.Cl.N[C@@H]1CCC[C@H]1CC(=O)N1CCN(CC2CCOCC2)CC1. The minimum Gasteiger partial charge on any atom is -0.381 e. The van der Waals surface area contributed by atoms with Crippen LogP contribution in [0.5, 0.6) is 0 Å². The second-order valence-corrected chi connectivity index (χ2v) is 7.30. The molecule has 24 heavy (non-hydrogen) atoms. The minimum atomic E-state index is 0. The van der Waals surface area contributed by atoms with E-state index in [1.165, 1.54) is 25.8 Å². The van der Waals surface area contributed by atoms with Crippen molar-refractivity contribution in [2.24, 2.45) is 17.6 Å². The summed E-state index contributed by atoms with van der Waals surface area (Å²) in [6.07, 6.45) is 6.48. The van der Waals surface area contributed by atoms with E-state index in [0.29, 0.717) is 18.2 Å². The number of halogens is 2. The summed E-state index contributed by atoms with van der Waals surface area (Å²) in [5.74, 6) is 1.54. The molecule has 2 heterocycles. The molecule has 3 aliphatic rings. The van der Waals surface area contributed by atoms with Crippen molar-refractivity contribution in [3.8, 4) is 0 Å². The quantitative estimate of drug-likeness (QED) is 0.807. The molecule has 0 bridgehead atoms. The highest BCUT2D eigenvalue weighted by Gasteiger charge is 2.29. The van der Waals surface area contributed by atoms with Crippen LogP contribution in [0.15, 0.2) is 0 Å². The van der Waals surface area contributed by atoms with Gasteiger partial charge in [-0.1, -0.05) is 6.42 Å². The summed E-state index contributed by atoms with van der Waals surface area (Å²) in [6.45, 7) is 6.86. The zero-order valence-corrected chi connectivity index (χ0v) is 16.2. The molecule has 3 fully saturated rings. The lowest BCUT2D eigenvalue weighted by Gasteiger charge is -2.37. The second-order valence-electron chi connectivity index (χ2n) is 7.30. The Hall–Kier alpha value is -0.0700. The van der Waals surface area contributed by atoms with Crippen molar-refractivity contribution in [1.29, 1.82) is 0 Å². The molecule has 2 saturated heterocycles. The van der Waals surface area contributed by atoms with Gasteiger partial charge in [-0.25, -0.2) is 0 Å². The molecule has 2 atom stereocenters. The van der Waals surface area contributed by atoms with Crippen LogP contribution in [-0.2, 0) is 9.53 Å². The van der Waals surface area contributed by atoms with Crippen molar-refractivity contribution in [3.63, 3.8) is 0 Å². The highest BCUT2D eigenvalue weighted by atomic mass is 35.5. The number of rotatable bonds is 4. The Balaban J connectivity index is 0.00000144. The van der Waals surface area contributed by atoms with E-state index in [9.17, 15) is 4.79 Å². The molecule has 2 N–H and O–H groups in total. The van der Waals surface area contributed by atoms with Gasteiger partial charge in [-0.2, -0.15) is 0 Å². The molecule has 1 amide bonds. The molecule has 2 aliphatic heterocycles. The van der Waals surface area contributed by atoms with Gasteiger partial charge in [-0.15, -0.1) is 24.8 Å². The Bertz CT molecular complexity index is 373. The van der Waals surface area contributed by atoms with E-state index in [-0.39, 0.29) is 30.9 Å². The van der Waals surface area contributed by atoms with E-state index in [1.54, 1.807) is 0 Å². The molecule has 1 saturated carbocycles. The topological polar surface area (TPSA) is 58.8 Å². The van der Waals surface area contributed by atoms with E-state index in [2.05, 4.69) is 9.80 Å². The minimum absolute atomic E-state index is 0. The Morgan fingerprint density at radius 3 is 2.25 bits per heavy atom. The van der Waals surface area contributed by atoms with Crippen molar-refractivity contribution in [2.45, 2.75) is 44.6 Å². The van der Waals surface area contributed by atoms with Gasteiger partial charge in [-0.05, 0) is 37.5 Å². The van der Waals surface area contributed by atoms with Crippen LogP contribution in [0.25, 0.3) is 0 Å². The van der Waals surface area contributed by atoms with Gasteiger partial charge in [0.15, 0.2) is 0 Å². The summed E-state index contributed by atoms with van der Waals surface area (Å²) in [7, 11) is 0. The normalized spacial score (nSPS) is 29.0. The van der Waals surface area contributed by atoms with Crippen molar-refractivity contribution >= 4 is 30.7 Å². The highest BCUT2D eigenvalue weighted by molar-refractivity contribution is 5.85. The third kappa shape index (κ3) is 6.03. The van der Waals surface area contributed by atoms with Crippen LogP contribution in [0.3, 0.4) is 0 Å². The predicted molar refractivity (Wildman–Crippen MR) is 101 cm³/mol.